The minimum absolute atomic E-state index is 0.0459. The Morgan fingerprint density at radius 2 is 2.19 bits per heavy atom. The molecule has 2 rings (SSSR count). The van der Waals surface area contributed by atoms with Gasteiger partial charge in [-0.2, -0.15) is 0 Å². The van der Waals surface area contributed by atoms with Crippen LogP contribution < -0.4 is 10.1 Å². The molecule has 2 unspecified atom stereocenters. The number of hydrogen-bond donors (Lipinski definition) is 2. The van der Waals surface area contributed by atoms with Gasteiger partial charge in [-0.15, -0.1) is 0 Å². The van der Waals surface area contributed by atoms with Crippen LogP contribution in [0.3, 0.4) is 0 Å². The van der Waals surface area contributed by atoms with Gasteiger partial charge < -0.3 is 15.2 Å². The van der Waals surface area contributed by atoms with Gasteiger partial charge in [0.2, 0.25) is 5.88 Å². The van der Waals surface area contributed by atoms with Crippen molar-refractivity contribution in [3.63, 3.8) is 0 Å². The Kier molecular flexibility index (Phi) is 5.44. The van der Waals surface area contributed by atoms with Gasteiger partial charge in [0.15, 0.2) is 6.61 Å². The number of carbonyl (C=O) groups excluding carboxylic acids is 1. The van der Waals surface area contributed by atoms with Crippen molar-refractivity contribution in [3.8, 4) is 5.88 Å². The molecule has 0 aliphatic heterocycles. The van der Waals surface area contributed by atoms with Crippen LogP contribution >= 0.6 is 0 Å². The highest BCUT2D eigenvalue weighted by Crippen LogP contribution is 2.19. The highest BCUT2D eigenvalue weighted by atomic mass is 19.3. The fraction of sp³-hybridized carbons (Fsp3) is 0.571. The van der Waals surface area contributed by atoms with Gasteiger partial charge in [-0.05, 0) is 18.9 Å². The molecule has 1 heterocycles. The van der Waals surface area contributed by atoms with Crippen LogP contribution in [0.4, 0.5) is 8.78 Å². The van der Waals surface area contributed by atoms with Crippen molar-refractivity contribution in [2.75, 3.05) is 6.61 Å². The molecule has 0 radical (unpaired) electrons. The van der Waals surface area contributed by atoms with Crippen molar-refractivity contribution in [1.29, 1.82) is 0 Å². The summed E-state index contributed by atoms with van der Waals surface area (Å²) in [7, 11) is 0. The second-order valence-electron chi connectivity index (χ2n) is 5.02. The minimum atomic E-state index is -2.57. The average molecular weight is 300 g/mol. The predicted molar refractivity (Wildman–Crippen MR) is 71.5 cm³/mol. The smallest absolute Gasteiger partial charge is 0.272 e. The molecule has 1 aliphatic rings. The number of pyridine rings is 1. The molecule has 2 N–H and O–H groups in total. The Bertz CT molecular complexity index is 468. The van der Waals surface area contributed by atoms with Gasteiger partial charge in [-0.25, -0.2) is 13.8 Å². The maximum atomic E-state index is 12.0. The predicted octanol–water partition coefficient (Wildman–Crippen LogP) is 1.76. The summed E-state index contributed by atoms with van der Waals surface area (Å²) in [6.07, 6.45) is 1.54. The molecule has 1 fully saturated rings. The van der Waals surface area contributed by atoms with Crippen LogP contribution in [0.25, 0.3) is 0 Å². The van der Waals surface area contributed by atoms with Gasteiger partial charge in [0.05, 0.1) is 17.7 Å². The Morgan fingerprint density at radius 3 is 2.81 bits per heavy atom. The standard InChI is InChI=1S/C14H18F2N2O3/c15-12(16)8-21-13-6-5-9(7-17-13)14(20)18-10-3-1-2-4-11(10)19/h5-7,10-12,19H,1-4,8H2,(H,18,20). The number of ether oxygens (including phenoxy) is 1. The van der Waals surface area contributed by atoms with Crippen molar-refractivity contribution in [2.45, 2.75) is 44.3 Å². The number of aromatic nitrogens is 1. The molecule has 0 spiro atoms. The molecule has 116 valence electrons. The van der Waals surface area contributed by atoms with Crippen molar-refractivity contribution in [3.05, 3.63) is 23.9 Å². The number of carbonyl (C=O) groups is 1. The Balaban J connectivity index is 1.90. The molecular weight excluding hydrogens is 282 g/mol. The topological polar surface area (TPSA) is 71.5 Å². The summed E-state index contributed by atoms with van der Waals surface area (Å²) in [5, 5.41) is 12.6. The normalized spacial score (nSPS) is 22.1. The average Bonchev–Trinajstić information content (AvgIpc) is 2.48. The first kappa shape index (κ1) is 15.6. The van der Waals surface area contributed by atoms with E-state index in [0.29, 0.717) is 12.0 Å². The van der Waals surface area contributed by atoms with Gasteiger partial charge in [0, 0.05) is 12.3 Å². The number of aliphatic hydroxyl groups excluding tert-OH is 1. The molecule has 0 bridgehead atoms. The minimum Gasteiger partial charge on any atom is -0.472 e. The van der Waals surface area contributed by atoms with Crippen molar-refractivity contribution >= 4 is 5.91 Å². The SMILES string of the molecule is O=C(NC1CCCCC1O)c1ccc(OCC(F)F)nc1. The van der Waals surface area contributed by atoms with E-state index in [0.717, 1.165) is 19.3 Å². The second kappa shape index (κ2) is 7.31. The fourth-order valence-corrected chi connectivity index (χ4v) is 2.28. The molecule has 1 amide bonds. The number of nitrogens with zero attached hydrogens (tertiary/aromatic N) is 1. The Labute approximate surface area is 121 Å². The number of halogens is 2. The maximum Gasteiger partial charge on any atom is 0.272 e. The summed E-state index contributed by atoms with van der Waals surface area (Å²) in [5.41, 5.74) is 0.303. The van der Waals surface area contributed by atoms with E-state index >= 15 is 0 Å². The van der Waals surface area contributed by atoms with Gasteiger partial charge in [-0.3, -0.25) is 4.79 Å². The zero-order valence-electron chi connectivity index (χ0n) is 11.5. The lowest BCUT2D eigenvalue weighted by molar-refractivity contribution is 0.0715. The van der Waals surface area contributed by atoms with Crippen molar-refractivity contribution in [1.82, 2.24) is 10.3 Å². The quantitative estimate of drug-likeness (QED) is 0.869. The molecule has 1 saturated carbocycles. The summed E-state index contributed by atoms with van der Waals surface area (Å²) in [6, 6.07) is 2.58. The zero-order chi connectivity index (χ0) is 15.2. The number of aliphatic hydroxyl groups is 1. The Morgan fingerprint density at radius 1 is 1.43 bits per heavy atom. The van der Waals surface area contributed by atoms with E-state index in [-0.39, 0.29) is 17.8 Å². The number of amides is 1. The molecule has 7 heteroatoms. The van der Waals surface area contributed by atoms with Gasteiger partial charge in [0.25, 0.3) is 12.3 Å². The third-order valence-electron chi connectivity index (χ3n) is 3.40. The molecule has 1 aliphatic carbocycles. The van der Waals surface area contributed by atoms with E-state index < -0.39 is 19.1 Å². The highest BCUT2D eigenvalue weighted by molar-refractivity contribution is 5.94. The van der Waals surface area contributed by atoms with Crippen molar-refractivity contribution < 1.29 is 23.4 Å². The zero-order valence-corrected chi connectivity index (χ0v) is 11.5. The van der Waals surface area contributed by atoms with Crippen LogP contribution in [0.5, 0.6) is 5.88 Å². The molecule has 1 aromatic heterocycles. The first-order chi connectivity index (χ1) is 10.1. The lowest BCUT2D eigenvalue weighted by atomic mass is 9.92. The van der Waals surface area contributed by atoms with Gasteiger partial charge in [-0.1, -0.05) is 12.8 Å². The van der Waals surface area contributed by atoms with E-state index in [9.17, 15) is 18.7 Å². The van der Waals surface area contributed by atoms with E-state index in [1.807, 2.05) is 0 Å². The molecule has 21 heavy (non-hydrogen) atoms. The lowest BCUT2D eigenvalue weighted by Gasteiger charge is -2.28. The van der Waals surface area contributed by atoms with Gasteiger partial charge in [0.1, 0.15) is 0 Å². The summed E-state index contributed by atoms with van der Waals surface area (Å²) in [4.78, 5) is 15.8. The van der Waals surface area contributed by atoms with E-state index in [1.165, 1.54) is 18.3 Å². The number of hydrogen-bond acceptors (Lipinski definition) is 4. The van der Waals surface area contributed by atoms with Crippen LogP contribution in [0.1, 0.15) is 36.0 Å². The summed E-state index contributed by atoms with van der Waals surface area (Å²) in [5.74, 6) is -0.293. The molecule has 0 saturated heterocycles. The fourth-order valence-electron chi connectivity index (χ4n) is 2.28. The van der Waals surface area contributed by atoms with Crippen LogP contribution in [0, 0.1) is 0 Å². The molecule has 1 aromatic rings. The first-order valence-corrected chi connectivity index (χ1v) is 6.92. The largest absolute Gasteiger partial charge is 0.472 e. The van der Waals surface area contributed by atoms with Crippen LogP contribution in [-0.2, 0) is 0 Å². The van der Waals surface area contributed by atoms with Crippen molar-refractivity contribution in [2.24, 2.45) is 0 Å². The third kappa shape index (κ3) is 4.63. The number of alkyl halides is 2. The Hall–Kier alpha value is -1.76. The highest BCUT2D eigenvalue weighted by Gasteiger charge is 2.24. The van der Waals surface area contributed by atoms with Crippen LogP contribution in [-0.4, -0.2) is 41.2 Å². The third-order valence-corrected chi connectivity index (χ3v) is 3.40. The van der Waals surface area contributed by atoms with Crippen LogP contribution in [0.2, 0.25) is 0 Å². The second-order valence-corrected chi connectivity index (χ2v) is 5.02. The summed E-state index contributed by atoms with van der Waals surface area (Å²) in [6.45, 7) is -0.729. The lowest BCUT2D eigenvalue weighted by Crippen LogP contribution is -2.45. The molecule has 0 aromatic carbocycles. The maximum absolute atomic E-state index is 12.0. The summed E-state index contributed by atoms with van der Waals surface area (Å²) < 4.78 is 28.7. The molecular formula is C14H18F2N2O3. The molecule has 2 atom stereocenters. The van der Waals surface area contributed by atoms with Gasteiger partial charge >= 0.3 is 0 Å². The van der Waals surface area contributed by atoms with E-state index in [4.69, 9.17) is 4.74 Å². The monoisotopic (exact) mass is 300 g/mol. The summed E-state index contributed by atoms with van der Waals surface area (Å²) >= 11 is 0. The molecule has 5 nitrogen and oxygen atoms in total. The first-order valence-electron chi connectivity index (χ1n) is 6.92. The van der Waals surface area contributed by atoms with Crippen LogP contribution in [0.15, 0.2) is 18.3 Å². The van der Waals surface area contributed by atoms with E-state index in [2.05, 4.69) is 10.3 Å². The van der Waals surface area contributed by atoms with E-state index in [1.54, 1.807) is 0 Å². The number of nitrogens with one attached hydrogen (secondary N) is 1. The number of rotatable bonds is 5.